The van der Waals surface area contributed by atoms with Gasteiger partial charge in [-0.2, -0.15) is 0 Å². The van der Waals surface area contributed by atoms with Crippen molar-refractivity contribution in [2.45, 2.75) is 19.8 Å². The summed E-state index contributed by atoms with van der Waals surface area (Å²) >= 11 is 0. The highest BCUT2D eigenvalue weighted by Crippen LogP contribution is 2.21. The van der Waals surface area contributed by atoms with Gasteiger partial charge in [0.05, 0.1) is 6.42 Å². The molecule has 1 fully saturated rings. The smallest absolute Gasteiger partial charge is 0.227 e. The zero-order valence-corrected chi connectivity index (χ0v) is 13.8. The summed E-state index contributed by atoms with van der Waals surface area (Å²) in [5.74, 6) is 0.236. The molecule has 5 nitrogen and oxygen atoms in total. The Balaban J connectivity index is 1.72. The largest absolute Gasteiger partial charge is 0.350 e. The Bertz CT molecular complexity index is 735. The molecule has 0 N–H and O–H groups in total. The standard InChI is InChI=1S/C18H23N3O2/c1-14(22)20-8-5-9-21(11-10-20)18(23)12-15-13-19(2)17-7-4-3-6-16(15)17/h3-4,6-7,13H,5,8-12H2,1-2H3. The van der Waals surface area contributed by atoms with Gasteiger partial charge in [-0.05, 0) is 18.1 Å². The molecule has 0 atom stereocenters. The first-order chi connectivity index (χ1) is 11.1. The van der Waals surface area contributed by atoms with Crippen LogP contribution in [-0.2, 0) is 23.1 Å². The first kappa shape index (κ1) is 15.6. The van der Waals surface area contributed by atoms with Crippen molar-refractivity contribution in [1.29, 1.82) is 0 Å². The SMILES string of the molecule is CC(=O)N1CCCN(C(=O)Cc2cn(C)c3ccccc23)CC1. The maximum absolute atomic E-state index is 12.7. The molecule has 3 rings (SSSR count). The molecule has 0 aliphatic carbocycles. The van der Waals surface area contributed by atoms with Gasteiger partial charge in [-0.15, -0.1) is 0 Å². The number of carbonyl (C=O) groups excluding carboxylic acids is 2. The molecule has 0 bridgehead atoms. The van der Waals surface area contributed by atoms with E-state index < -0.39 is 0 Å². The van der Waals surface area contributed by atoms with Crippen LogP contribution in [0.5, 0.6) is 0 Å². The summed E-state index contributed by atoms with van der Waals surface area (Å²) in [7, 11) is 2.01. The molecule has 0 saturated carbocycles. The third kappa shape index (κ3) is 3.23. The molecule has 0 spiro atoms. The number of nitrogens with zero attached hydrogens (tertiary/aromatic N) is 3. The quantitative estimate of drug-likeness (QED) is 0.849. The molecule has 0 unspecified atom stereocenters. The minimum Gasteiger partial charge on any atom is -0.350 e. The third-order valence-corrected chi connectivity index (χ3v) is 4.62. The molecule has 1 aliphatic heterocycles. The number of hydrogen-bond donors (Lipinski definition) is 0. The fourth-order valence-electron chi connectivity index (χ4n) is 3.32. The van der Waals surface area contributed by atoms with Crippen molar-refractivity contribution in [3.63, 3.8) is 0 Å². The molecule has 2 amide bonds. The van der Waals surface area contributed by atoms with Crippen LogP contribution in [0.1, 0.15) is 18.9 Å². The molecule has 1 saturated heterocycles. The highest BCUT2D eigenvalue weighted by atomic mass is 16.2. The molecule has 122 valence electrons. The van der Waals surface area contributed by atoms with E-state index in [0.29, 0.717) is 19.5 Å². The molecule has 23 heavy (non-hydrogen) atoms. The van der Waals surface area contributed by atoms with Crippen LogP contribution in [0.25, 0.3) is 10.9 Å². The van der Waals surface area contributed by atoms with Gasteiger partial charge in [0.15, 0.2) is 0 Å². The number of carbonyl (C=O) groups is 2. The first-order valence-electron chi connectivity index (χ1n) is 8.12. The van der Waals surface area contributed by atoms with Gasteiger partial charge < -0.3 is 14.4 Å². The van der Waals surface area contributed by atoms with E-state index in [2.05, 4.69) is 16.7 Å². The number of rotatable bonds is 2. The molecule has 1 aromatic carbocycles. The summed E-state index contributed by atoms with van der Waals surface area (Å²) in [6.07, 6.45) is 3.31. The summed E-state index contributed by atoms with van der Waals surface area (Å²) in [5.41, 5.74) is 2.22. The van der Waals surface area contributed by atoms with E-state index in [1.807, 2.05) is 35.2 Å². The first-order valence-corrected chi connectivity index (χ1v) is 8.12. The minimum atomic E-state index is 0.0911. The molecule has 1 aliphatic rings. The number of benzene rings is 1. The Hall–Kier alpha value is -2.30. The van der Waals surface area contributed by atoms with Crippen molar-refractivity contribution in [3.05, 3.63) is 36.0 Å². The van der Waals surface area contributed by atoms with Gasteiger partial charge in [-0.25, -0.2) is 0 Å². The fraction of sp³-hybridized carbons (Fsp3) is 0.444. The van der Waals surface area contributed by atoms with Crippen LogP contribution in [0.15, 0.2) is 30.5 Å². The van der Waals surface area contributed by atoms with Crippen LogP contribution in [0, 0.1) is 0 Å². The van der Waals surface area contributed by atoms with Crippen LogP contribution in [0.3, 0.4) is 0 Å². The van der Waals surface area contributed by atoms with Crippen molar-refractivity contribution in [3.8, 4) is 0 Å². The Morgan fingerprint density at radius 3 is 2.52 bits per heavy atom. The molecular weight excluding hydrogens is 290 g/mol. The van der Waals surface area contributed by atoms with Crippen LogP contribution in [0.2, 0.25) is 0 Å². The predicted molar refractivity (Wildman–Crippen MR) is 90.1 cm³/mol. The lowest BCUT2D eigenvalue weighted by atomic mass is 10.1. The Labute approximate surface area is 136 Å². The zero-order chi connectivity index (χ0) is 16.4. The number of hydrogen-bond acceptors (Lipinski definition) is 2. The summed E-state index contributed by atoms with van der Waals surface area (Å²) in [5, 5.41) is 1.14. The fourth-order valence-corrected chi connectivity index (χ4v) is 3.32. The van der Waals surface area contributed by atoms with Gasteiger partial charge in [-0.3, -0.25) is 9.59 Å². The second-order valence-corrected chi connectivity index (χ2v) is 6.20. The van der Waals surface area contributed by atoms with Gasteiger partial charge in [0.1, 0.15) is 0 Å². The number of amides is 2. The summed E-state index contributed by atoms with van der Waals surface area (Å²) in [6.45, 7) is 4.33. The number of fused-ring (bicyclic) bond motifs is 1. The van der Waals surface area contributed by atoms with Crippen molar-refractivity contribution >= 4 is 22.7 Å². The Kier molecular flexibility index (Phi) is 4.37. The zero-order valence-electron chi connectivity index (χ0n) is 13.8. The number of para-hydroxylation sites is 1. The predicted octanol–water partition coefficient (Wildman–Crippen LogP) is 1.80. The van der Waals surface area contributed by atoms with Crippen molar-refractivity contribution in [1.82, 2.24) is 14.4 Å². The minimum absolute atomic E-state index is 0.0911. The molecule has 0 radical (unpaired) electrons. The van der Waals surface area contributed by atoms with Crippen LogP contribution in [0.4, 0.5) is 0 Å². The van der Waals surface area contributed by atoms with Gasteiger partial charge in [-0.1, -0.05) is 18.2 Å². The lowest BCUT2D eigenvalue weighted by Gasteiger charge is -2.21. The molecule has 5 heteroatoms. The van der Waals surface area contributed by atoms with E-state index in [-0.39, 0.29) is 11.8 Å². The summed E-state index contributed by atoms with van der Waals surface area (Å²) in [6, 6.07) is 8.16. The molecule has 2 heterocycles. The van der Waals surface area contributed by atoms with E-state index in [9.17, 15) is 9.59 Å². The second kappa shape index (κ2) is 6.44. The van der Waals surface area contributed by atoms with Crippen molar-refractivity contribution < 1.29 is 9.59 Å². The lowest BCUT2D eigenvalue weighted by Crippen LogP contribution is -2.37. The average Bonchev–Trinajstić information content (AvgIpc) is 2.73. The van der Waals surface area contributed by atoms with Crippen molar-refractivity contribution in [2.24, 2.45) is 7.05 Å². The van der Waals surface area contributed by atoms with E-state index in [1.54, 1.807) is 6.92 Å². The van der Waals surface area contributed by atoms with Crippen LogP contribution >= 0.6 is 0 Å². The maximum atomic E-state index is 12.7. The van der Waals surface area contributed by atoms with Gasteiger partial charge in [0, 0.05) is 57.3 Å². The van der Waals surface area contributed by atoms with Gasteiger partial charge >= 0.3 is 0 Å². The molecule has 1 aromatic heterocycles. The van der Waals surface area contributed by atoms with E-state index in [1.165, 1.54) is 0 Å². The van der Waals surface area contributed by atoms with Crippen LogP contribution < -0.4 is 0 Å². The highest BCUT2D eigenvalue weighted by molar-refractivity contribution is 5.89. The third-order valence-electron chi connectivity index (χ3n) is 4.62. The normalized spacial score (nSPS) is 15.7. The molecular formula is C18H23N3O2. The average molecular weight is 313 g/mol. The van der Waals surface area contributed by atoms with Gasteiger partial charge in [0.2, 0.25) is 11.8 Å². The number of aryl methyl sites for hydroxylation is 1. The summed E-state index contributed by atoms with van der Waals surface area (Å²) < 4.78 is 2.07. The van der Waals surface area contributed by atoms with Gasteiger partial charge in [0.25, 0.3) is 0 Å². The molecule has 2 aromatic rings. The Morgan fingerprint density at radius 1 is 1.04 bits per heavy atom. The topological polar surface area (TPSA) is 45.6 Å². The summed E-state index contributed by atoms with van der Waals surface area (Å²) in [4.78, 5) is 27.9. The monoisotopic (exact) mass is 313 g/mol. The van der Waals surface area contributed by atoms with Crippen molar-refractivity contribution in [2.75, 3.05) is 26.2 Å². The van der Waals surface area contributed by atoms with Crippen LogP contribution in [-0.4, -0.2) is 52.4 Å². The second-order valence-electron chi connectivity index (χ2n) is 6.20. The van der Waals surface area contributed by atoms with E-state index in [4.69, 9.17) is 0 Å². The number of aromatic nitrogens is 1. The van der Waals surface area contributed by atoms with E-state index >= 15 is 0 Å². The van der Waals surface area contributed by atoms with E-state index in [0.717, 1.165) is 36.0 Å². The highest BCUT2D eigenvalue weighted by Gasteiger charge is 2.21. The lowest BCUT2D eigenvalue weighted by molar-refractivity contribution is -0.132. The Morgan fingerprint density at radius 2 is 1.74 bits per heavy atom. The maximum Gasteiger partial charge on any atom is 0.227 e.